The molecule has 158 valence electrons. The minimum absolute atomic E-state index is 0. The molecular weight excluding hydrogens is 465 g/mol. The largest absolute Gasteiger partial charge is 0.356 e. The maximum atomic E-state index is 12.1. The monoisotopic (exact) mass is 501 g/mol. The molecule has 1 saturated heterocycles. The van der Waals surface area contributed by atoms with Crippen LogP contribution in [-0.2, 0) is 6.42 Å². The van der Waals surface area contributed by atoms with Crippen LogP contribution in [0.25, 0.3) is 0 Å². The van der Waals surface area contributed by atoms with Gasteiger partial charge in [0, 0.05) is 46.3 Å². The zero-order valence-corrected chi connectivity index (χ0v) is 20.0. The van der Waals surface area contributed by atoms with Gasteiger partial charge in [-0.2, -0.15) is 0 Å². The van der Waals surface area contributed by atoms with Gasteiger partial charge in [0.15, 0.2) is 5.96 Å². The highest BCUT2D eigenvalue weighted by molar-refractivity contribution is 14.0. The van der Waals surface area contributed by atoms with E-state index in [4.69, 9.17) is 0 Å². The van der Waals surface area contributed by atoms with Gasteiger partial charge in [0.05, 0.1) is 0 Å². The number of likely N-dealkylation sites (tertiary alicyclic amines) is 1. The Morgan fingerprint density at radius 1 is 1.32 bits per heavy atom. The second-order valence-electron chi connectivity index (χ2n) is 7.43. The van der Waals surface area contributed by atoms with Crippen LogP contribution in [0.3, 0.4) is 0 Å². The van der Waals surface area contributed by atoms with Crippen LogP contribution in [0.1, 0.15) is 35.7 Å². The zero-order chi connectivity index (χ0) is 19.6. The molecule has 7 heteroatoms. The number of carbonyl (C=O) groups excluding carboxylic acids is 1. The summed E-state index contributed by atoms with van der Waals surface area (Å²) in [6.07, 6.45) is 3.42. The number of aliphatic imine (C=N–C) groups is 1. The number of hydrogen-bond acceptors (Lipinski definition) is 3. The first-order valence-electron chi connectivity index (χ1n) is 10.0. The first-order chi connectivity index (χ1) is 13.0. The van der Waals surface area contributed by atoms with Crippen molar-refractivity contribution in [1.82, 2.24) is 20.4 Å². The van der Waals surface area contributed by atoms with Gasteiger partial charge in [0.2, 0.25) is 0 Å². The number of guanidine groups is 1. The summed E-state index contributed by atoms with van der Waals surface area (Å²) in [4.78, 5) is 20.5. The van der Waals surface area contributed by atoms with E-state index in [9.17, 15) is 4.79 Å². The Morgan fingerprint density at radius 3 is 2.79 bits per heavy atom. The SMILES string of the molecule is CCN1CCCC(CNC(=NC)NCCc2cccc(C(=O)N(C)C)c2)C1.I. The topological polar surface area (TPSA) is 60.0 Å². The molecule has 0 radical (unpaired) electrons. The van der Waals surface area contributed by atoms with Crippen LogP contribution in [0.2, 0.25) is 0 Å². The summed E-state index contributed by atoms with van der Waals surface area (Å²) in [5, 5.41) is 6.85. The Morgan fingerprint density at radius 2 is 2.11 bits per heavy atom. The van der Waals surface area contributed by atoms with Gasteiger partial charge in [-0.25, -0.2) is 0 Å². The third kappa shape index (κ3) is 7.95. The standard InChI is InChI=1S/C21H35N5O.HI/c1-5-26-13-7-9-18(16-26)15-24-21(22-2)23-12-11-17-8-6-10-19(14-17)20(27)25(3)4;/h6,8,10,14,18H,5,7,9,11-13,15-16H2,1-4H3,(H2,22,23,24);1H. The van der Waals surface area contributed by atoms with Gasteiger partial charge in [-0.3, -0.25) is 9.79 Å². The van der Waals surface area contributed by atoms with Crippen LogP contribution < -0.4 is 10.6 Å². The molecule has 1 aromatic carbocycles. The predicted molar refractivity (Wildman–Crippen MR) is 128 cm³/mol. The quantitative estimate of drug-likeness (QED) is 0.343. The molecule has 28 heavy (non-hydrogen) atoms. The van der Waals surface area contributed by atoms with Gasteiger partial charge in [0.25, 0.3) is 5.91 Å². The Bertz CT molecular complexity index is 635. The molecule has 1 aliphatic rings. The lowest BCUT2D eigenvalue weighted by Gasteiger charge is -2.32. The number of halogens is 1. The van der Waals surface area contributed by atoms with Crippen molar-refractivity contribution in [1.29, 1.82) is 0 Å². The van der Waals surface area contributed by atoms with Crippen LogP contribution in [0.15, 0.2) is 29.3 Å². The van der Waals surface area contributed by atoms with Crippen LogP contribution >= 0.6 is 24.0 Å². The number of rotatable bonds is 7. The van der Waals surface area contributed by atoms with E-state index in [1.165, 1.54) is 25.9 Å². The fourth-order valence-corrected chi connectivity index (χ4v) is 3.51. The number of nitrogens with zero attached hydrogens (tertiary/aromatic N) is 3. The summed E-state index contributed by atoms with van der Waals surface area (Å²) < 4.78 is 0. The van der Waals surface area contributed by atoms with Gasteiger partial charge in [-0.1, -0.05) is 19.1 Å². The summed E-state index contributed by atoms with van der Waals surface area (Å²) >= 11 is 0. The third-order valence-electron chi connectivity index (χ3n) is 5.12. The molecule has 1 aromatic rings. The number of benzene rings is 1. The maximum absolute atomic E-state index is 12.1. The van der Waals surface area contributed by atoms with Gasteiger partial charge in [-0.05, 0) is 56.0 Å². The van der Waals surface area contributed by atoms with Gasteiger partial charge >= 0.3 is 0 Å². The summed E-state index contributed by atoms with van der Waals surface area (Å²) in [6.45, 7) is 7.52. The molecule has 0 saturated carbocycles. The number of amides is 1. The Hall–Kier alpha value is -1.35. The van der Waals surface area contributed by atoms with Crippen LogP contribution in [-0.4, -0.2) is 75.5 Å². The fraction of sp³-hybridized carbons (Fsp3) is 0.619. The number of hydrogen-bond donors (Lipinski definition) is 2. The Labute approximate surface area is 187 Å². The van der Waals surface area contributed by atoms with E-state index in [1.807, 2.05) is 25.2 Å². The Balaban J connectivity index is 0.00000392. The normalized spacial score (nSPS) is 17.6. The summed E-state index contributed by atoms with van der Waals surface area (Å²) in [5.74, 6) is 1.58. The molecule has 6 nitrogen and oxygen atoms in total. The molecule has 2 N–H and O–H groups in total. The predicted octanol–water partition coefficient (Wildman–Crippen LogP) is 2.45. The van der Waals surface area contributed by atoms with Crippen molar-refractivity contribution in [2.45, 2.75) is 26.2 Å². The number of piperidine rings is 1. The van der Waals surface area contributed by atoms with Crippen molar-refractivity contribution in [2.75, 3.05) is 53.9 Å². The molecule has 1 amide bonds. The van der Waals surface area contributed by atoms with Gasteiger partial charge in [0.1, 0.15) is 0 Å². The molecule has 1 aliphatic heterocycles. The smallest absolute Gasteiger partial charge is 0.253 e. The lowest BCUT2D eigenvalue weighted by molar-refractivity contribution is 0.0827. The van der Waals surface area contributed by atoms with Gasteiger partial charge in [-0.15, -0.1) is 24.0 Å². The van der Waals surface area contributed by atoms with E-state index in [0.29, 0.717) is 5.92 Å². The molecule has 1 fully saturated rings. The van der Waals surface area contributed by atoms with Crippen molar-refractivity contribution < 1.29 is 4.79 Å². The van der Waals surface area contributed by atoms with E-state index < -0.39 is 0 Å². The average molecular weight is 501 g/mol. The van der Waals surface area contributed by atoms with Crippen molar-refractivity contribution >= 4 is 35.8 Å². The van der Waals surface area contributed by atoms with Crippen molar-refractivity contribution in [3.8, 4) is 0 Å². The van der Waals surface area contributed by atoms with Crippen LogP contribution in [0, 0.1) is 5.92 Å². The van der Waals surface area contributed by atoms with E-state index in [1.54, 1.807) is 19.0 Å². The summed E-state index contributed by atoms with van der Waals surface area (Å²) in [7, 11) is 5.36. The minimum atomic E-state index is 0. The molecule has 0 aromatic heterocycles. The zero-order valence-electron chi connectivity index (χ0n) is 17.7. The van der Waals surface area contributed by atoms with Crippen molar-refractivity contribution in [3.05, 3.63) is 35.4 Å². The molecule has 0 bridgehead atoms. The summed E-state index contributed by atoms with van der Waals surface area (Å²) in [6, 6.07) is 7.85. The molecule has 1 atom stereocenters. The lowest BCUT2D eigenvalue weighted by Crippen LogP contribution is -2.44. The van der Waals surface area contributed by atoms with Crippen LogP contribution in [0.4, 0.5) is 0 Å². The Kier molecular flexibility index (Phi) is 11.4. The fourth-order valence-electron chi connectivity index (χ4n) is 3.51. The highest BCUT2D eigenvalue weighted by atomic mass is 127. The molecule has 0 aliphatic carbocycles. The summed E-state index contributed by atoms with van der Waals surface area (Å²) in [5.41, 5.74) is 1.88. The molecular formula is C21H36IN5O. The van der Waals surface area contributed by atoms with Crippen molar-refractivity contribution in [2.24, 2.45) is 10.9 Å². The number of nitrogens with one attached hydrogen (secondary N) is 2. The molecule has 1 heterocycles. The molecule has 1 unspecified atom stereocenters. The lowest BCUT2D eigenvalue weighted by atomic mass is 9.98. The number of carbonyl (C=O) groups is 1. The first kappa shape index (κ1) is 24.7. The molecule has 2 rings (SSSR count). The van der Waals surface area contributed by atoms with Crippen molar-refractivity contribution in [3.63, 3.8) is 0 Å². The van der Waals surface area contributed by atoms with Gasteiger partial charge < -0.3 is 20.4 Å². The average Bonchev–Trinajstić information content (AvgIpc) is 2.70. The van der Waals surface area contributed by atoms with E-state index in [2.05, 4.69) is 33.5 Å². The third-order valence-corrected chi connectivity index (χ3v) is 5.12. The van der Waals surface area contributed by atoms with Crippen LogP contribution in [0.5, 0.6) is 0 Å². The van der Waals surface area contributed by atoms with E-state index in [-0.39, 0.29) is 29.9 Å². The molecule has 0 spiro atoms. The highest BCUT2D eigenvalue weighted by Gasteiger charge is 2.18. The van der Waals surface area contributed by atoms with E-state index >= 15 is 0 Å². The second kappa shape index (κ2) is 13.0. The van der Waals surface area contributed by atoms with E-state index in [0.717, 1.165) is 43.1 Å². The minimum Gasteiger partial charge on any atom is -0.356 e. The highest BCUT2D eigenvalue weighted by Crippen LogP contribution is 2.15. The first-order valence-corrected chi connectivity index (χ1v) is 10.0. The second-order valence-corrected chi connectivity index (χ2v) is 7.43. The maximum Gasteiger partial charge on any atom is 0.253 e.